The Balaban J connectivity index is 4.10. The first-order valence-electron chi connectivity index (χ1n) is 7.09. The van der Waals surface area contributed by atoms with Crippen LogP contribution in [0.2, 0.25) is 0 Å². The lowest BCUT2D eigenvalue weighted by Crippen LogP contribution is -2.28. The molecule has 0 amide bonds. The van der Waals surface area contributed by atoms with Gasteiger partial charge in [0, 0.05) is 13.0 Å². The summed E-state index contributed by atoms with van der Waals surface area (Å²) < 4.78 is 15.4. The van der Waals surface area contributed by atoms with Crippen LogP contribution in [0.3, 0.4) is 0 Å². The SMILES string of the molecule is CCCOC(=O)CCC(OCCC)C(=O)OCCC. The van der Waals surface area contributed by atoms with Gasteiger partial charge in [-0.2, -0.15) is 0 Å². The molecule has 5 heteroatoms. The third-order valence-corrected chi connectivity index (χ3v) is 2.31. The number of carbonyl (C=O) groups excluding carboxylic acids is 2. The fraction of sp³-hybridized carbons (Fsp3) is 0.857. The van der Waals surface area contributed by atoms with Crippen LogP contribution < -0.4 is 0 Å². The Morgan fingerprint density at radius 1 is 0.895 bits per heavy atom. The molecule has 1 unspecified atom stereocenters. The Hall–Kier alpha value is -1.10. The molecular formula is C14H26O5. The Bertz CT molecular complexity index is 252. The highest BCUT2D eigenvalue weighted by Crippen LogP contribution is 2.07. The summed E-state index contributed by atoms with van der Waals surface area (Å²) in [6, 6.07) is 0. The molecule has 0 saturated heterocycles. The van der Waals surface area contributed by atoms with Gasteiger partial charge in [-0.15, -0.1) is 0 Å². The molecule has 0 aliphatic carbocycles. The predicted octanol–water partition coefficient (Wildman–Crippen LogP) is 2.47. The van der Waals surface area contributed by atoms with Crippen LogP contribution in [0.4, 0.5) is 0 Å². The zero-order valence-corrected chi connectivity index (χ0v) is 12.3. The lowest BCUT2D eigenvalue weighted by atomic mass is 10.2. The average molecular weight is 274 g/mol. The largest absolute Gasteiger partial charge is 0.466 e. The van der Waals surface area contributed by atoms with Crippen LogP contribution in [0.5, 0.6) is 0 Å². The van der Waals surface area contributed by atoms with E-state index in [2.05, 4.69) is 0 Å². The Kier molecular flexibility index (Phi) is 11.3. The zero-order valence-electron chi connectivity index (χ0n) is 12.3. The molecule has 0 aromatic carbocycles. The van der Waals surface area contributed by atoms with Crippen molar-refractivity contribution in [3.63, 3.8) is 0 Å². The van der Waals surface area contributed by atoms with E-state index in [-0.39, 0.29) is 12.4 Å². The molecule has 19 heavy (non-hydrogen) atoms. The second-order valence-electron chi connectivity index (χ2n) is 4.29. The minimum absolute atomic E-state index is 0.176. The minimum atomic E-state index is -0.666. The smallest absolute Gasteiger partial charge is 0.335 e. The Labute approximate surface area is 115 Å². The molecule has 5 nitrogen and oxygen atoms in total. The molecule has 0 spiro atoms. The maximum absolute atomic E-state index is 11.7. The molecule has 0 aliphatic heterocycles. The van der Waals surface area contributed by atoms with Crippen LogP contribution in [-0.2, 0) is 23.8 Å². The lowest BCUT2D eigenvalue weighted by Gasteiger charge is -2.16. The minimum Gasteiger partial charge on any atom is -0.466 e. The number of carbonyl (C=O) groups is 2. The van der Waals surface area contributed by atoms with Gasteiger partial charge >= 0.3 is 11.9 Å². The van der Waals surface area contributed by atoms with E-state index >= 15 is 0 Å². The van der Waals surface area contributed by atoms with Crippen LogP contribution >= 0.6 is 0 Å². The highest BCUT2D eigenvalue weighted by atomic mass is 16.6. The van der Waals surface area contributed by atoms with Crippen molar-refractivity contribution in [1.82, 2.24) is 0 Å². The molecule has 0 aromatic rings. The molecule has 0 aromatic heterocycles. The molecule has 112 valence electrons. The number of hydrogen-bond acceptors (Lipinski definition) is 5. The fourth-order valence-electron chi connectivity index (χ4n) is 1.36. The highest BCUT2D eigenvalue weighted by Gasteiger charge is 2.21. The van der Waals surface area contributed by atoms with Crippen molar-refractivity contribution in [2.45, 2.75) is 59.0 Å². The molecule has 0 radical (unpaired) electrons. The molecule has 0 heterocycles. The molecule has 0 rings (SSSR count). The molecule has 0 N–H and O–H groups in total. The van der Waals surface area contributed by atoms with Gasteiger partial charge in [-0.05, 0) is 25.7 Å². The van der Waals surface area contributed by atoms with E-state index < -0.39 is 12.1 Å². The van der Waals surface area contributed by atoms with Crippen LogP contribution in [0.25, 0.3) is 0 Å². The average Bonchev–Trinajstić information content (AvgIpc) is 2.42. The first-order chi connectivity index (χ1) is 9.15. The third-order valence-electron chi connectivity index (χ3n) is 2.31. The number of ether oxygens (including phenoxy) is 3. The first kappa shape index (κ1) is 17.9. The quantitative estimate of drug-likeness (QED) is 0.542. The van der Waals surface area contributed by atoms with Crippen molar-refractivity contribution in [2.75, 3.05) is 19.8 Å². The second-order valence-corrected chi connectivity index (χ2v) is 4.29. The standard InChI is InChI=1S/C14H26O5/c1-4-9-17-12(14(16)19-11-6-3)7-8-13(15)18-10-5-2/h12H,4-11H2,1-3H3. The van der Waals surface area contributed by atoms with Gasteiger partial charge in [-0.1, -0.05) is 20.8 Å². The summed E-state index contributed by atoms with van der Waals surface area (Å²) in [5, 5.41) is 0. The van der Waals surface area contributed by atoms with E-state index in [1.54, 1.807) is 0 Å². The number of esters is 2. The molecule has 1 atom stereocenters. The van der Waals surface area contributed by atoms with Gasteiger partial charge in [0.2, 0.25) is 0 Å². The number of hydrogen-bond donors (Lipinski definition) is 0. The molecule has 0 fully saturated rings. The molecule has 0 bridgehead atoms. The van der Waals surface area contributed by atoms with E-state index in [1.807, 2.05) is 20.8 Å². The highest BCUT2D eigenvalue weighted by molar-refractivity contribution is 5.76. The van der Waals surface area contributed by atoms with Gasteiger partial charge in [0.25, 0.3) is 0 Å². The summed E-state index contributed by atoms with van der Waals surface area (Å²) in [6.45, 7) is 7.10. The first-order valence-corrected chi connectivity index (χ1v) is 7.09. The maximum atomic E-state index is 11.7. The Morgan fingerprint density at radius 3 is 2.05 bits per heavy atom. The van der Waals surface area contributed by atoms with Gasteiger partial charge in [0.15, 0.2) is 6.10 Å². The molecule has 0 aliphatic rings. The summed E-state index contributed by atoms with van der Waals surface area (Å²) in [5.74, 6) is -0.686. The van der Waals surface area contributed by atoms with E-state index in [1.165, 1.54) is 0 Å². The van der Waals surface area contributed by atoms with Gasteiger partial charge < -0.3 is 14.2 Å². The normalized spacial score (nSPS) is 11.9. The van der Waals surface area contributed by atoms with Crippen molar-refractivity contribution >= 4 is 11.9 Å². The summed E-state index contributed by atoms with van der Waals surface area (Å²) in [7, 11) is 0. The summed E-state index contributed by atoms with van der Waals surface area (Å²) in [4.78, 5) is 23.1. The van der Waals surface area contributed by atoms with Crippen LogP contribution in [0.1, 0.15) is 52.9 Å². The van der Waals surface area contributed by atoms with Crippen molar-refractivity contribution in [3.05, 3.63) is 0 Å². The Morgan fingerprint density at radius 2 is 1.47 bits per heavy atom. The molecular weight excluding hydrogens is 248 g/mol. The van der Waals surface area contributed by atoms with Gasteiger partial charge in [0.1, 0.15) is 0 Å². The van der Waals surface area contributed by atoms with E-state index in [0.717, 1.165) is 19.3 Å². The molecule has 0 saturated carbocycles. The predicted molar refractivity (Wildman–Crippen MR) is 71.8 cm³/mol. The van der Waals surface area contributed by atoms with E-state index in [0.29, 0.717) is 26.2 Å². The zero-order chi connectivity index (χ0) is 14.5. The third kappa shape index (κ3) is 9.47. The van der Waals surface area contributed by atoms with Crippen molar-refractivity contribution in [3.8, 4) is 0 Å². The van der Waals surface area contributed by atoms with Gasteiger partial charge in [0.05, 0.1) is 13.2 Å². The summed E-state index contributed by atoms with van der Waals surface area (Å²) >= 11 is 0. The topological polar surface area (TPSA) is 61.8 Å². The van der Waals surface area contributed by atoms with E-state index in [9.17, 15) is 9.59 Å². The maximum Gasteiger partial charge on any atom is 0.335 e. The summed E-state index contributed by atoms with van der Waals surface area (Å²) in [5.41, 5.74) is 0. The van der Waals surface area contributed by atoms with E-state index in [4.69, 9.17) is 14.2 Å². The summed E-state index contributed by atoms with van der Waals surface area (Å²) in [6.07, 6.45) is 2.20. The second kappa shape index (κ2) is 12.0. The lowest BCUT2D eigenvalue weighted by molar-refractivity contribution is -0.158. The van der Waals surface area contributed by atoms with Gasteiger partial charge in [-0.25, -0.2) is 4.79 Å². The number of rotatable bonds is 11. The monoisotopic (exact) mass is 274 g/mol. The fourth-order valence-corrected chi connectivity index (χ4v) is 1.36. The van der Waals surface area contributed by atoms with Crippen LogP contribution in [0, 0.1) is 0 Å². The van der Waals surface area contributed by atoms with Crippen LogP contribution in [-0.4, -0.2) is 37.9 Å². The van der Waals surface area contributed by atoms with Gasteiger partial charge in [-0.3, -0.25) is 4.79 Å². The van der Waals surface area contributed by atoms with Crippen molar-refractivity contribution in [2.24, 2.45) is 0 Å². The van der Waals surface area contributed by atoms with Crippen molar-refractivity contribution < 1.29 is 23.8 Å². The van der Waals surface area contributed by atoms with Crippen molar-refractivity contribution in [1.29, 1.82) is 0 Å². The van der Waals surface area contributed by atoms with Crippen LogP contribution in [0.15, 0.2) is 0 Å².